The van der Waals surface area contributed by atoms with Crippen LogP contribution in [0.1, 0.15) is 24.2 Å². The van der Waals surface area contributed by atoms with Crippen molar-refractivity contribution in [1.29, 1.82) is 0 Å². The van der Waals surface area contributed by atoms with Crippen LogP contribution in [0.3, 0.4) is 0 Å². The maximum absolute atomic E-state index is 12.6. The number of carbonyl (C=O) groups is 1. The Morgan fingerprint density at radius 1 is 1.52 bits per heavy atom. The lowest BCUT2D eigenvalue weighted by atomic mass is 10.1. The van der Waals surface area contributed by atoms with E-state index in [1.807, 2.05) is 13.8 Å². The molecule has 0 aromatic heterocycles. The largest absolute Gasteiger partial charge is 0.397 e. The van der Waals surface area contributed by atoms with Gasteiger partial charge < -0.3 is 15.4 Å². The number of nitrogens with zero attached hydrogens (tertiary/aromatic N) is 2. The van der Waals surface area contributed by atoms with Crippen molar-refractivity contribution in [3.63, 3.8) is 0 Å². The Labute approximate surface area is 126 Å². The van der Waals surface area contributed by atoms with Gasteiger partial charge in [-0.25, -0.2) is 0 Å². The maximum Gasteiger partial charge on any atom is 0.271 e. The average molecular weight is 314 g/mol. The molecular weight excluding hydrogens is 298 g/mol. The number of hydrogen-bond acceptors (Lipinski definition) is 5. The van der Waals surface area contributed by atoms with Crippen molar-refractivity contribution in [3.8, 4) is 0 Å². The van der Waals surface area contributed by atoms with Crippen molar-refractivity contribution >= 4 is 28.9 Å². The molecule has 1 saturated heterocycles. The van der Waals surface area contributed by atoms with Crippen LogP contribution in [0.25, 0.3) is 0 Å². The van der Waals surface area contributed by atoms with Gasteiger partial charge in [-0.1, -0.05) is 11.6 Å². The molecule has 1 aliphatic heterocycles. The fraction of sp³-hybridized carbons (Fsp3) is 0.462. The summed E-state index contributed by atoms with van der Waals surface area (Å²) in [4.78, 5) is 24.5. The van der Waals surface area contributed by atoms with Gasteiger partial charge in [-0.15, -0.1) is 0 Å². The van der Waals surface area contributed by atoms with Crippen molar-refractivity contribution in [2.24, 2.45) is 0 Å². The summed E-state index contributed by atoms with van der Waals surface area (Å²) in [6.07, 6.45) is -0.0967. The van der Waals surface area contributed by atoms with E-state index in [2.05, 4.69) is 0 Å². The molecule has 2 atom stereocenters. The van der Waals surface area contributed by atoms with E-state index in [0.717, 1.165) is 12.1 Å². The van der Waals surface area contributed by atoms with Gasteiger partial charge in [0.1, 0.15) is 0 Å². The van der Waals surface area contributed by atoms with Gasteiger partial charge in [0, 0.05) is 18.7 Å². The molecule has 2 rings (SSSR count). The Balaban J connectivity index is 2.40. The minimum atomic E-state index is -0.604. The second-order valence-corrected chi connectivity index (χ2v) is 5.50. The second kappa shape index (κ2) is 5.87. The third-order valence-electron chi connectivity index (χ3n) is 3.42. The molecule has 7 nitrogen and oxygen atoms in total. The summed E-state index contributed by atoms with van der Waals surface area (Å²) < 4.78 is 5.46. The van der Waals surface area contributed by atoms with Gasteiger partial charge in [0.05, 0.1) is 39.9 Å². The fourth-order valence-corrected chi connectivity index (χ4v) is 2.44. The van der Waals surface area contributed by atoms with E-state index < -0.39 is 4.92 Å². The van der Waals surface area contributed by atoms with Gasteiger partial charge in [0.2, 0.25) is 0 Å². The highest BCUT2D eigenvalue weighted by atomic mass is 35.5. The van der Waals surface area contributed by atoms with E-state index in [0.29, 0.717) is 13.2 Å². The highest BCUT2D eigenvalue weighted by Gasteiger charge is 2.30. The number of anilines is 1. The van der Waals surface area contributed by atoms with Crippen molar-refractivity contribution in [2.75, 3.05) is 18.9 Å². The van der Waals surface area contributed by atoms with E-state index in [1.165, 1.54) is 0 Å². The van der Waals surface area contributed by atoms with E-state index in [1.54, 1.807) is 4.90 Å². The zero-order chi connectivity index (χ0) is 15.7. The molecule has 0 bridgehead atoms. The molecule has 114 valence electrons. The molecule has 2 unspecified atom stereocenters. The number of nitrogen functional groups attached to an aromatic ring is 1. The molecule has 1 heterocycles. The molecule has 1 fully saturated rings. The summed E-state index contributed by atoms with van der Waals surface area (Å²) in [5, 5.41) is 10.9. The lowest BCUT2D eigenvalue weighted by Crippen LogP contribution is -2.50. The molecule has 0 radical (unpaired) electrons. The second-order valence-electron chi connectivity index (χ2n) is 5.10. The number of halogens is 1. The lowest BCUT2D eigenvalue weighted by Gasteiger charge is -2.37. The first-order chi connectivity index (χ1) is 9.81. The summed E-state index contributed by atoms with van der Waals surface area (Å²) in [5.41, 5.74) is 5.65. The molecule has 0 spiro atoms. The molecule has 1 aromatic carbocycles. The molecule has 1 aliphatic rings. The van der Waals surface area contributed by atoms with Crippen LogP contribution in [-0.2, 0) is 4.74 Å². The number of nitro benzene ring substituents is 1. The number of hydrogen-bond donors (Lipinski definition) is 1. The third-order valence-corrected chi connectivity index (χ3v) is 3.74. The van der Waals surface area contributed by atoms with Crippen LogP contribution in [0.2, 0.25) is 5.02 Å². The Hall–Kier alpha value is -1.86. The number of carbonyl (C=O) groups excluding carboxylic acids is 1. The standard InChI is InChI=1S/C13H16ClN3O4/c1-7-6-21-8(2)5-16(7)13(18)10-3-9(17(19)20)4-11(14)12(10)15/h3-4,7-8H,5-6,15H2,1-2H3. The van der Waals surface area contributed by atoms with Gasteiger partial charge in [0.25, 0.3) is 11.6 Å². The number of nitrogens with two attached hydrogens (primary N) is 1. The number of ether oxygens (including phenoxy) is 1. The molecular formula is C13H16ClN3O4. The van der Waals surface area contributed by atoms with E-state index in [-0.39, 0.29) is 40.0 Å². The molecule has 21 heavy (non-hydrogen) atoms. The molecule has 2 N–H and O–H groups in total. The SMILES string of the molecule is CC1CN(C(=O)c2cc([N+](=O)[O-])cc(Cl)c2N)C(C)CO1. The highest BCUT2D eigenvalue weighted by molar-refractivity contribution is 6.34. The lowest BCUT2D eigenvalue weighted by molar-refractivity contribution is -0.384. The number of non-ortho nitro benzene ring substituents is 1. The summed E-state index contributed by atoms with van der Waals surface area (Å²) in [6.45, 7) is 4.52. The van der Waals surface area contributed by atoms with Crippen LogP contribution in [0.4, 0.5) is 11.4 Å². The van der Waals surface area contributed by atoms with Crippen molar-refractivity contribution in [3.05, 3.63) is 32.8 Å². The van der Waals surface area contributed by atoms with Gasteiger partial charge >= 0.3 is 0 Å². The summed E-state index contributed by atoms with van der Waals surface area (Å²) >= 11 is 5.89. The smallest absolute Gasteiger partial charge is 0.271 e. The van der Waals surface area contributed by atoms with Crippen LogP contribution >= 0.6 is 11.6 Å². The van der Waals surface area contributed by atoms with Crippen LogP contribution in [0.15, 0.2) is 12.1 Å². The fourth-order valence-electron chi connectivity index (χ4n) is 2.23. The number of rotatable bonds is 2. The van der Waals surface area contributed by atoms with E-state index in [4.69, 9.17) is 22.1 Å². The van der Waals surface area contributed by atoms with Gasteiger partial charge in [-0.2, -0.15) is 0 Å². The predicted molar refractivity (Wildman–Crippen MR) is 78.4 cm³/mol. The third kappa shape index (κ3) is 3.08. The van der Waals surface area contributed by atoms with Crippen LogP contribution < -0.4 is 5.73 Å². The highest BCUT2D eigenvalue weighted by Crippen LogP contribution is 2.30. The Kier molecular flexibility index (Phi) is 4.34. The predicted octanol–water partition coefficient (Wildman–Crippen LogP) is 2.08. The molecule has 1 amide bonds. The topological polar surface area (TPSA) is 98.7 Å². The van der Waals surface area contributed by atoms with Crippen LogP contribution in [-0.4, -0.2) is 41.0 Å². The minimum absolute atomic E-state index is 0.00140. The first-order valence-electron chi connectivity index (χ1n) is 6.47. The van der Waals surface area contributed by atoms with Crippen LogP contribution in [0, 0.1) is 10.1 Å². The Morgan fingerprint density at radius 3 is 2.81 bits per heavy atom. The quantitative estimate of drug-likeness (QED) is 0.512. The molecule has 0 saturated carbocycles. The van der Waals surface area contributed by atoms with Crippen LogP contribution in [0.5, 0.6) is 0 Å². The summed E-state index contributed by atoms with van der Waals surface area (Å²) in [5.74, 6) is -0.374. The molecule has 1 aromatic rings. The van der Waals surface area contributed by atoms with Gasteiger partial charge in [0.15, 0.2) is 0 Å². The zero-order valence-electron chi connectivity index (χ0n) is 11.7. The molecule has 0 aliphatic carbocycles. The number of morpholine rings is 1. The van der Waals surface area contributed by atoms with Gasteiger partial charge in [-0.05, 0) is 13.8 Å². The van der Waals surface area contributed by atoms with Crippen molar-refractivity contribution < 1.29 is 14.5 Å². The van der Waals surface area contributed by atoms with E-state index >= 15 is 0 Å². The monoisotopic (exact) mass is 313 g/mol. The first-order valence-corrected chi connectivity index (χ1v) is 6.85. The average Bonchev–Trinajstić information content (AvgIpc) is 2.43. The number of nitro groups is 1. The Morgan fingerprint density at radius 2 is 2.19 bits per heavy atom. The number of amides is 1. The van der Waals surface area contributed by atoms with Crippen molar-refractivity contribution in [2.45, 2.75) is 26.0 Å². The first kappa shape index (κ1) is 15.5. The summed E-state index contributed by atoms with van der Waals surface area (Å²) in [6, 6.07) is 2.17. The molecule has 8 heteroatoms. The van der Waals surface area contributed by atoms with E-state index in [9.17, 15) is 14.9 Å². The van der Waals surface area contributed by atoms with Crippen molar-refractivity contribution in [1.82, 2.24) is 4.90 Å². The number of benzene rings is 1. The zero-order valence-corrected chi connectivity index (χ0v) is 12.5. The Bertz CT molecular complexity index is 593. The summed E-state index contributed by atoms with van der Waals surface area (Å²) in [7, 11) is 0. The van der Waals surface area contributed by atoms with Gasteiger partial charge in [-0.3, -0.25) is 14.9 Å². The maximum atomic E-state index is 12.6. The minimum Gasteiger partial charge on any atom is -0.397 e. The normalized spacial score (nSPS) is 22.1.